The number of aromatic nitrogens is 1. The number of amides is 1. The summed E-state index contributed by atoms with van der Waals surface area (Å²) in [5.74, 6) is -0.858. The Bertz CT molecular complexity index is 1270. The van der Waals surface area contributed by atoms with Gasteiger partial charge >= 0.3 is 0 Å². The van der Waals surface area contributed by atoms with Gasteiger partial charge in [0.25, 0.3) is 16.8 Å². The van der Waals surface area contributed by atoms with Crippen LogP contribution >= 0.6 is 0 Å². The highest BCUT2D eigenvalue weighted by Crippen LogP contribution is 2.45. The van der Waals surface area contributed by atoms with Gasteiger partial charge in [-0.05, 0) is 35.4 Å². The molecule has 1 atom stereocenters. The number of nitrogens with zero attached hydrogens (tertiary/aromatic N) is 2. The van der Waals surface area contributed by atoms with E-state index in [4.69, 9.17) is 0 Å². The minimum absolute atomic E-state index is 0.0682. The van der Waals surface area contributed by atoms with Crippen LogP contribution in [0, 0.1) is 5.41 Å². The van der Waals surface area contributed by atoms with Gasteiger partial charge in [-0.25, -0.2) is 4.98 Å². The molecule has 0 saturated heterocycles. The first-order chi connectivity index (χ1) is 15.1. The Kier molecular flexibility index (Phi) is 5.24. The van der Waals surface area contributed by atoms with Crippen LogP contribution in [0.15, 0.2) is 46.1 Å². The fourth-order valence-electron chi connectivity index (χ4n) is 4.19. The van der Waals surface area contributed by atoms with Crippen molar-refractivity contribution in [1.29, 1.82) is 0 Å². The maximum Gasteiger partial charge on any atom is 0.275 e. The van der Waals surface area contributed by atoms with Gasteiger partial charge in [0.05, 0.1) is 11.7 Å². The van der Waals surface area contributed by atoms with Gasteiger partial charge in [0, 0.05) is 20.3 Å². The molecule has 8 heteroatoms. The summed E-state index contributed by atoms with van der Waals surface area (Å²) in [7, 11) is 3.10. The van der Waals surface area contributed by atoms with E-state index in [-0.39, 0.29) is 40.0 Å². The number of hydrogen-bond donors (Lipinski definition) is 3. The summed E-state index contributed by atoms with van der Waals surface area (Å²) in [5, 5.41) is 16.7. The molecule has 0 fully saturated rings. The van der Waals surface area contributed by atoms with Crippen LogP contribution < -0.4 is 21.5 Å². The normalized spacial score (nSPS) is 16.9. The Balaban J connectivity index is 1.68. The molecule has 1 amide bonds. The zero-order chi connectivity index (χ0) is 23.2. The van der Waals surface area contributed by atoms with Crippen LogP contribution in [0.4, 0.5) is 17.1 Å². The molecular weight excluding hydrogens is 408 g/mol. The second-order valence-corrected chi connectivity index (χ2v) is 9.05. The van der Waals surface area contributed by atoms with Crippen LogP contribution in [0.25, 0.3) is 0 Å². The Morgan fingerprint density at radius 2 is 1.81 bits per heavy atom. The third-order valence-corrected chi connectivity index (χ3v) is 6.18. The lowest BCUT2D eigenvalue weighted by atomic mass is 9.70. The van der Waals surface area contributed by atoms with E-state index in [0.717, 1.165) is 18.4 Å². The fraction of sp³-hybridized carbons (Fsp3) is 0.333. The van der Waals surface area contributed by atoms with Crippen LogP contribution in [-0.2, 0) is 6.42 Å². The van der Waals surface area contributed by atoms with Crippen LogP contribution in [0.2, 0.25) is 0 Å². The molecule has 8 nitrogen and oxygen atoms in total. The van der Waals surface area contributed by atoms with E-state index in [0.29, 0.717) is 0 Å². The zero-order valence-electron chi connectivity index (χ0n) is 18.5. The van der Waals surface area contributed by atoms with Crippen LogP contribution in [0.3, 0.4) is 0 Å². The second-order valence-electron chi connectivity index (χ2n) is 9.05. The number of fused-ring (bicyclic) bond motifs is 1. The first kappa shape index (κ1) is 21.5. The number of pyridine rings is 1. The van der Waals surface area contributed by atoms with E-state index >= 15 is 0 Å². The molecule has 1 aromatic heterocycles. The fourth-order valence-corrected chi connectivity index (χ4v) is 4.19. The highest BCUT2D eigenvalue weighted by molar-refractivity contribution is 5.97. The average molecular weight is 434 g/mol. The minimum Gasteiger partial charge on any atom is -0.504 e. The van der Waals surface area contributed by atoms with Crippen molar-refractivity contribution < 1.29 is 9.90 Å². The molecule has 0 saturated carbocycles. The summed E-state index contributed by atoms with van der Waals surface area (Å²) in [6, 6.07) is 9.38. The van der Waals surface area contributed by atoms with Crippen molar-refractivity contribution in [1.82, 2.24) is 9.88 Å². The number of carbonyl (C=O) groups is 1. The number of rotatable bonds is 5. The monoisotopic (exact) mass is 434 g/mol. The molecule has 1 aliphatic rings. The molecule has 0 spiro atoms. The van der Waals surface area contributed by atoms with Crippen molar-refractivity contribution in [2.45, 2.75) is 32.7 Å². The van der Waals surface area contributed by atoms with E-state index in [1.54, 1.807) is 14.1 Å². The Labute approximate surface area is 185 Å². The van der Waals surface area contributed by atoms with Gasteiger partial charge in [-0.3, -0.25) is 14.4 Å². The molecule has 32 heavy (non-hydrogen) atoms. The Morgan fingerprint density at radius 1 is 1.12 bits per heavy atom. The number of benzene rings is 1. The number of aromatic hydroxyl groups is 1. The predicted octanol–water partition coefficient (Wildman–Crippen LogP) is 2.95. The van der Waals surface area contributed by atoms with E-state index in [9.17, 15) is 19.5 Å². The first-order valence-electron chi connectivity index (χ1n) is 10.5. The molecule has 166 valence electrons. The lowest BCUT2D eigenvalue weighted by Gasteiger charge is -2.41. The van der Waals surface area contributed by atoms with Gasteiger partial charge in [-0.2, -0.15) is 0 Å². The first-order valence-corrected chi connectivity index (χ1v) is 10.5. The van der Waals surface area contributed by atoms with Crippen LogP contribution in [-0.4, -0.2) is 35.0 Å². The summed E-state index contributed by atoms with van der Waals surface area (Å²) in [6.07, 6.45) is 3.24. The van der Waals surface area contributed by atoms with Crippen molar-refractivity contribution in [3.05, 3.63) is 73.8 Å². The van der Waals surface area contributed by atoms with Crippen LogP contribution in [0.1, 0.15) is 47.9 Å². The molecule has 2 aromatic carbocycles. The van der Waals surface area contributed by atoms with Crippen molar-refractivity contribution in [3.63, 3.8) is 0 Å². The third kappa shape index (κ3) is 3.51. The van der Waals surface area contributed by atoms with Crippen molar-refractivity contribution in [2.75, 3.05) is 24.7 Å². The van der Waals surface area contributed by atoms with Crippen LogP contribution in [0.5, 0.6) is 5.75 Å². The lowest BCUT2D eigenvalue weighted by molar-refractivity contribution is 0.0819. The van der Waals surface area contributed by atoms with Crippen molar-refractivity contribution >= 4 is 23.0 Å². The molecule has 0 bridgehead atoms. The molecule has 0 aliphatic heterocycles. The lowest BCUT2D eigenvalue weighted by Crippen LogP contribution is -2.41. The molecule has 0 radical (unpaired) electrons. The minimum atomic E-state index is -0.675. The highest BCUT2D eigenvalue weighted by atomic mass is 16.3. The standard InChI is InChI=1S/C24H26N4O4/c1-24(2)11-9-13-7-5-6-8-14(13)22(24)27-17-16(20(30)21(17)31)26-15-10-12-25-18(19(15)29)23(32)28(3)4/h5-8,10,12,22,27,29H,9,11H2,1-4H3,(H,25,26)/t22-/m0/s1. The molecule has 1 aliphatic carbocycles. The molecule has 3 aromatic rings. The molecule has 1 heterocycles. The largest absolute Gasteiger partial charge is 0.504 e. The summed E-state index contributed by atoms with van der Waals surface area (Å²) in [5.41, 5.74) is 1.13. The molecule has 3 N–H and O–H groups in total. The maximum absolute atomic E-state index is 12.5. The summed E-state index contributed by atoms with van der Waals surface area (Å²) in [6.45, 7) is 4.26. The number of anilines is 3. The van der Waals surface area contributed by atoms with Gasteiger partial charge in [-0.15, -0.1) is 0 Å². The summed E-state index contributed by atoms with van der Waals surface area (Å²) >= 11 is 0. The van der Waals surface area contributed by atoms with Gasteiger partial charge in [-0.1, -0.05) is 38.1 Å². The zero-order valence-corrected chi connectivity index (χ0v) is 18.5. The summed E-state index contributed by atoms with van der Waals surface area (Å²) < 4.78 is 0. The number of carbonyl (C=O) groups excluding carboxylic acids is 1. The van der Waals surface area contributed by atoms with Gasteiger partial charge in [0.2, 0.25) is 0 Å². The Hall–Kier alpha value is -3.68. The van der Waals surface area contributed by atoms with E-state index in [1.165, 1.54) is 22.7 Å². The van der Waals surface area contributed by atoms with Gasteiger partial charge < -0.3 is 20.6 Å². The average Bonchev–Trinajstić information content (AvgIpc) is 2.77. The van der Waals surface area contributed by atoms with E-state index < -0.39 is 16.8 Å². The topological polar surface area (TPSA) is 112 Å². The predicted molar refractivity (Wildman–Crippen MR) is 123 cm³/mol. The van der Waals surface area contributed by atoms with Gasteiger partial charge in [0.15, 0.2) is 11.4 Å². The van der Waals surface area contributed by atoms with Crippen molar-refractivity contribution in [2.24, 2.45) is 5.41 Å². The SMILES string of the molecule is CN(C)C(=O)c1nccc(Nc2c(N[C@H]3c4ccccc4CCC3(C)C)c(=O)c2=O)c1O. The number of hydrogen-bond acceptors (Lipinski definition) is 7. The second kappa shape index (κ2) is 7.78. The quantitative estimate of drug-likeness (QED) is 0.529. The maximum atomic E-state index is 12.5. The highest BCUT2D eigenvalue weighted by Gasteiger charge is 2.38. The molecule has 4 rings (SSSR count). The Morgan fingerprint density at radius 3 is 2.53 bits per heavy atom. The number of nitrogens with one attached hydrogen (secondary N) is 2. The summed E-state index contributed by atoms with van der Waals surface area (Å²) in [4.78, 5) is 42.3. The third-order valence-electron chi connectivity index (χ3n) is 6.18. The molecular formula is C24H26N4O4. The van der Waals surface area contributed by atoms with E-state index in [1.807, 2.05) is 18.2 Å². The van der Waals surface area contributed by atoms with Gasteiger partial charge in [0.1, 0.15) is 11.4 Å². The van der Waals surface area contributed by atoms with Crippen molar-refractivity contribution in [3.8, 4) is 5.75 Å². The smallest absolute Gasteiger partial charge is 0.275 e. The van der Waals surface area contributed by atoms with E-state index in [2.05, 4.69) is 35.5 Å². The molecule has 0 unspecified atom stereocenters. The number of aryl methyl sites for hydroxylation is 1.